The van der Waals surface area contributed by atoms with Crippen molar-refractivity contribution in [3.05, 3.63) is 82.9 Å². The SMILES string of the molecule is COc1ccc(OC)c(-c2cccc3c2CC[C@@H]3c2ccc(C3=CC(=O)NS3=O)c(O)c2)c1. The van der Waals surface area contributed by atoms with Gasteiger partial charge in [-0.1, -0.05) is 24.3 Å². The van der Waals surface area contributed by atoms with Crippen LogP contribution in [0.1, 0.15) is 34.6 Å². The maximum Gasteiger partial charge on any atom is 0.257 e. The number of phenolic OH excluding ortho intramolecular Hbond substituents is 1. The van der Waals surface area contributed by atoms with Gasteiger partial charge in [-0.15, -0.1) is 0 Å². The molecule has 33 heavy (non-hydrogen) atoms. The molecule has 1 aliphatic carbocycles. The van der Waals surface area contributed by atoms with Crippen molar-refractivity contribution in [2.75, 3.05) is 14.2 Å². The van der Waals surface area contributed by atoms with Gasteiger partial charge in [0.1, 0.15) is 17.2 Å². The molecule has 0 bridgehead atoms. The number of hydrogen-bond donors (Lipinski definition) is 2. The van der Waals surface area contributed by atoms with Crippen LogP contribution < -0.4 is 14.2 Å². The smallest absolute Gasteiger partial charge is 0.257 e. The molecule has 1 aliphatic heterocycles. The average molecular weight is 462 g/mol. The van der Waals surface area contributed by atoms with Crippen molar-refractivity contribution >= 4 is 21.8 Å². The highest BCUT2D eigenvalue weighted by atomic mass is 32.2. The number of benzene rings is 3. The monoisotopic (exact) mass is 461 g/mol. The number of carbonyl (C=O) groups is 1. The number of fused-ring (bicyclic) bond motifs is 1. The standard InChI is InChI=1S/C26H23NO5S/c1-31-16-7-11-24(32-2)22(13-16)19-5-3-4-18-17(9-10-20(18)19)15-6-8-21(23(28)12-15)25-14-26(29)27-33(25)30/h3-8,11-14,17,28H,9-10H2,1-2H3,(H,27,29)/t17-,33?/m1/s1. The van der Waals surface area contributed by atoms with Crippen LogP contribution in [0.3, 0.4) is 0 Å². The molecule has 168 valence electrons. The fourth-order valence-electron chi connectivity index (χ4n) is 4.78. The van der Waals surface area contributed by atoms with Gasteiger partial charge in [0.15, 0.2) is 11.0 Å². The Kier molecular flexibility index (Phi) is 5.42. The van der Waals surface area contributed by atoms with E-state index in [1.54, 1.807) is 26.4 Å². The van der Waals surface area contributed by atoms with Crippen molar-refractivity contribution < 1.29 is 23.6 Å². The van der Waals surface area contributed by atoms with Crippen LogP contribution in [0, 0.1) is 0 Å². The summed E-state index contributed by atoms with van der Waals surface area (Å²) in [5.74, 6) is 1.28. The van der Waals surface area contributed by atoms with Gasteiger partial charge in [-0.3, -0.25) is 9.52 Å². The fraction of sp³-hybridized carbons (Fsp3) is 0.192. The molecule has 2 aliphatic rings. The third-order valence-corrected chi connectivity index (χ3v) is 7.44. The zero-order valence-electron chi connectivity index (χ0n) is 18.3. The number of amides is 1. The van der Waals surface area contributed by atoms with E-state index in [1.165, 1.54) is 17.2 Å². The van der Waals surface area contributed by atoms with E-state index in [9.17, 15) is 14.1 Å². The number of nitrogens with one attached hydrogen (secondary N) is 1. The predicted octanol–water partition coefficient (Wildman–Crippen LogP) is 4.29. The number of ether oxygens (including phenoxy) is 2. The summed E-state index contributed by atoms with van der Waals surface area (Å²) < 4.78 is 25.5. The largest absolute Gasteiger partial charge is 0.507 e. The Balaban J connectivity index is 1.54. The molecule has 1 heterocycles. The lowest BCUT2D eigenvalue weighted by atomic mass is 9.90. The highest BCUT2D eigenvalue weighted by Crippen LogP contribution is 2.46. The van der Waals surface area contributed by atoms with Crippen molar-refractivity contribution in [1.29, 1.82) is 0 Å². The molecular weight excluding hydrogens is 438 g/mol. The van der Waals surface area contributed by atoms with Gasteiger partial charge < -0.3 is 14.6 Å². The average Bonchev–Trinajstić information content (AvgIpc) is 3.40. The van der Waals surface area contributed by atoms with E-state index in [4.69, 9.17) is 9.47 Å². The van der Waals surface area contributed by atoms with E-state index < -0.39 is 16.9 Å². The van der Waals surface area contributed by atoms with Crippen LogP contribution in [0.25, 0.3) is 16.0 Å². The van der Waals surface area contributed by atoms with Crippen molar-refractivity contribution in [2.45, 2.75) is 18.8 Å². The van der Waals surface area contributed by atoms with Gasteiger partial charge in [-0.2, -0.15) is 0 Å². The zero-order chi connectivity index (χ0) is 23.1. The molecule has 5 rings (SSSR count). The topological polar surface area (TPSA) is 84.9 Å². The van der Waals surface area contributed by atoms with Gasteiger partial charge in [0.05, 0.1) is 19.1 Å². The van der Waals surface area contributed by atoms with Crippen LogP contribution in [0.2, 0.25) is 0 Å². The van der Waals surface area contributed by atoms with Crippen LogP contribution >= 0.6 is 0 Å². The second-order valence-electron chi connectivity index (χ2n) is 8.05. The predicted molar refractivity (Wildman–Crippen MR) is 128 cm³/mol. The highest BCUT2D eigenvalue weighted by molar-refractivity contribution is 7.94. The minimum Gasteiger partial charge on any atom is -0.507 e. The lowest BCUT2D eigenvalue weighted by Gasteiger charge is -2.17. The Morgan fingerprint density at radius 1 is 1.00 bits per heavy atom. The molecule has 2 atom stereocenters. The first kappa shape index (κ1) is 21.3. The molecule has 1 unspecified atom stereocenters. The Morgan fingerprint density at radius 3 is 2.55 bits per heavy atom. The third kappa shape index (κ3) is 3.68. The van der Waals surface area contributed by atoms with Gasteiger partial charge in [-0.05, 0) is 65.4 Å². The fourth-order valence-corrected chi connectivity index (χ4v) is 5.72. The molecule has 0 saturated heterocycles. The third-order valence-electron chi connectivity index (χ3n) is 6.31. The first-order valence-corrected chi connectivity index (χ1v) is 11.8. The molecule has 1 amide bonds. The van der Waals surface area contributed by atoms with Crippen LogP contribution in [0.5, 0.6) is 17.2 Å². The number of rotatable bonds is 5. The van der Waals surface area contributed by atoms with Crippen LogP contribution in [-0.2, 0) is 22.2 Å². The molecule has 6 nitrogen and oxygen atoms in total. The Morgan fingerprint density at radius 2 is 1.85 bits per heavy atom. The summed E-state index contributed by atoms with van der Waals surface area (Å²) in [6, 6.07) is 17.5. The number of hydrogen-bond acceptors (Lipinski definition) is 5. The maximum absolute atomic E-state index is 12.1. The molecular formula is C26H23NO5S. The number of carbonyl (C=O) groups excluding carboxylic acids is 1. The van der Waals surface area contributed by atoms with Gasteiger partial charge >= 0.3 is 0 Å². The van der Waals surface area contributed by atoms with E-state index >= 15 is 0 Å². The molecule has 0 aromatic heterocycles. The van der Waals surface area contributed by atoms with Crippen molar-refractivity contribution in [2.24, 2.45) is 0 Å². The quantitative estimate of drug-likeness (QED) is 0.592. The van der Waals surface area contributed by atoms with E-state index in [0.717, 1.165) is 41.0 Å². The molecule has 0 saturated carbocycles. The van der Waals surface area contributed by atoms with E-state index in [0.29, 0.717) is 10.5 Å². The molecule has 3 aromatic carbocycles. The summed E-state index contributed by atoms with van der Waals surface area (Å²) in [6.45, 7) is 0. The van der Waals surface area contributed by atoms with Gasteiger partial charge in [0.25, 0.3) is 5.91 Å². The number of phenols is 1. The normalized spacial score (nSPS) is 19.1. The van der Waals surface area contributed by atoms with Crippen LogP contribution in [-0.4, -0.2) is 29.4 Å². The molecule has 0 radical (unpaired) electrons. The first-order valence-electron chi connectivity index (χ1n) is 10.6. The Labute approximate surface area is 194 Å². The van der Waals surface area contributed by atoms with Crippen molar-refractivity contribution in [3.8, 4) is 28.4 Å². The molecule has 2 N–H and O–H groups in total. The molecule has 0 fully saturated rings. The summed E-state index contributed by atoms with van der Waals surface area (Å²) in [4.78, 5) is 11.8. The summed E-state index contributed by atoms with van der Waals surface area (Å²) in [5, 5.41) is 10.7. The van der Waals surface area contributed by atoms with Crippen molar-refractivity contribution in [3.63, 3.8) is 0 Å². The summed E-state index contributed by atoms with van der Waals surface area (Å²) in [5.41, 5.74) is 5.96. The summed E-state index contributed by atoms with van der Waals surface area (Å²) in [6.07, 6.45) is 3.07. The second kappa shape index (κ2) is 8.41. The number of methoxy groups -OCH3 is 2. The lowest BCUT2D eigenvalue weighted by Crippen LogP contribution is -2.16. The Bertz CT molecular complexity index is 1330. The van der Waals surface area contributed by atoms with E-state index in [-0.39, 0.29) is 11.7 Å². The highest BCUT2D eigenvalue weighted by Gasteiger charge is 2.29. The lowest BCUT2D eigenvalue weighted by molar-refractivity contribution is -0.114. The minimum atomic E-state index is -1.65. The first-order chi connectivity index (χ1) is 16.0. The van der Waals surface area contributed by atoms with E-state index in [2.05, 4.69) is 16.9 Å². The number of aromatic hydroxyl groups is 1. The van der Waals surface area contributed by atoms with Crippen LogP contribution in [0.4, 0.5) is 0 Å². The molecule has 3 aromatic rings. The van der Waals surface area contributed by atoms with Crippen LogP contribution in [0.15, 0.2) is 60.7 Å². The Hall–Kier alpha value is -3.58. The summed E-state index contributed by atoms with van der Waals surface area (Å²) >= 11 is 0. The van der Waals surface area contributed by atoms with Gasteiger partial charge in [0, 0.05) is 23.1 Å². The minimum absolute atomic E-state index is 0.0164. The molecule has 7 heteroatoms. The zero-order valence-corrected chi connectivity index (χ0v) is 19.1. The van der Waals surface area contributed by atoms with E-state index in [1.807, 2.05) is 30.3 Å². The van der Waals surface area contributed by atoms with Crippen molar-refractivity contribution in [1.82, 2.24) is 4.72 Å². The molecule has 0 spiro atoms. The second-order valence-corrected chi connectivity index (χ2v) is 9.23. The van der Waals surface area contributed by atoms with Gasteiger partial charge in [0.2, 0.25) is 0 Å². The maximum atomic E-state index is 12.1. The van der Waals surface area contributed by atoms with Gasteiger partial charge in [-0.25, -0.2) is 4.21 Å². The summed E-state index contributed by atoms with van der Waals surface area (Å²) in [7, 11) is 1.67.